The van der Waals surface area contributed by atoms with Gasteiger partial charge in [-0.1, -0.05) is 48.0 Å². The molecule has 0 saturated carbocycles. The van der Waals surface area contributed by atoms with Crippen LogP contribution in [-0.2, 0) is 16.1 Å². The zero-order valence-corrected chi connectivity index (χ0v) is 13.4. The number of nitrogens with zero attached hydrogens (tertiary/aromatic N) is 1. The van der Waals surface area contributed by atoms with E-state index in [1.54, 1.807) is 11.9 Å². The Morgan fingerprint density at radius 3 is 2.61 bits per heavy atom. The number of amides is 2. The summed E-state index contributed by atoms with van der Waals surface area (Å²) in [7, 11) is 1.75. The largest absolute Gasteiger partial charge is 0.351 e. The van der Waals surface area contributed by atoms with E-state index >= 15 is 0 Å². The molecule has 0 saturated heterocycles. The van der Waals surface area contributed by atoms with Gasteiger partial charge in [0.05, 0.1) is 5.92 Å². The van der Waals surface area contributed by atoms with Crippen molar-refractivity contribution in [1.29, 1.82) is 0 Å². The van der Waals surface area contributed by atoms with Crippen LogP contribution in [0.3, 0.4) is 0 Å². The summed E-state index contributed by atoms with van der Waals surface area (Å²) in [6, 6.07) is 15.7. The molecule has 1 N–H and O–H groups in total. The minimum Gasteiger partial charge on any atom is -0.351 e. The second-order valence-electron chi connectivity index (χ2n) is 5.97. The summed E-state index contributed by atoms with van der Waals surface area (Å²) in [5.41, 5.74) is 3.97. The van der Waals surface area contributed by atoms with Gasteiger partial charge in [-0.05, 0) is 24.1 Å². The summed E-state index contributed by atoms with van der Waals surface area (Å²) in [5.74, 6) is -0.543. The molecule has 0 aliphatic carbocycles. The van der Waals surface area contributed by atoms with Crippen molar-refractivity contribution in [2.24, 2.45) is 0 Å². The normalized spacial score (nSPS) is 16.9. The van der Waals surface area contributed by atoms with E-state index in [2.05, 4.69) is 5.32 Å². The molecule has 2 aromatic carbocycles. The fourth-order valence-corrected chi connectivity index (χ4v) is 2.90. The number of aryl methyl sites for hydroxylation is 1. The minimum absolute atomic E-state index is 0.0285. The molecule has 4 heteroatoms. The number of carbonyl (C=O) groups is 2. The van der Waals surface area contributed by atoms with Crippen molar-refractivity contribution in [3.63, 3.8) is 0 Å². The average molecular weight is 308 g/mol. The van der Waals surface area contributed by atoms with Gasteiger partial charge in [0.15, 0.2) is 0 Å². The first-order valence-corrected chi connectivity index (χ1v) is 7.75. The molecule has 1 unspecified atom stereocenters. The van der Waals surface area contributed by atoms with Gasteiger partial charge in [-0.25, -0.2) is 0 Å². The lowest BCUT2D eigenvalue weighted by Crippen LogP contribution is -2.39. The van der Waals surface area contributed by atoms with E-state index in [9.17, 15) is 9.59 Å². The number of benzene rings is 2. The lowest BCUT2D eigenvalue weighted by molar-refractivity contribution is -0.127. The molecule has 3 rings (SSSR count). The molecule has 118 valence electrons. The smallest absolute Gasteiger partial charge is 0.228 e. The Kier molecular flexibility index (Phi) is 4.15. The third-order valence-electron chi connectivity index (χ3n) is 4.33. The van der Waals surface area contributed by atoms with Crippen LogP contribution < -0.4 is 10.2 Å². The van der Waals surface area contributed by atoms with E-state index in [-0.39, 0.29) is 18.2 Å². The van der Waals surface area contributed by atoms with Crippen molar-refractivity contribution >= 4 is 17.5 Å². The molecule has 0 aromatic heterocycles. The van der Waals surface area contributed by atoms with E-state index < -0.39 is 5.92 Å². The Balaban J connectivity index is 1.76. The number of rotatable bonds is 3. The predicted octanol–water partition coefficient (Wildman–Crippen LogP) is 2.76. The first-order valence-electron chi connectivity index (χ1n) is 7.75. The first-order chi connectivity index (χ1) is 11.1. The third kappa shape index (κ3) is 3.11. The molecular weight excluding hydrogens is 288 g/mol. The van der Waals surface area contributed by atoms with E-state index in [1.165, 1.54) is 5.56 Å². The maximum absolute atomic E-state index is 12.6. The molecular formula is C19H20N2O2. The predicted molar refractivity (Wildman–Crippen MR) is 90.2 cm³/mol. The van der Waals surface area contributed by atoms with Gasteiger partial charge in [0, 0.05) is 25.7 Å². The number of anilines is 1. The molecule has 2 aromatic rings. The Labute approximate surface area is 136 Å². The van der Waals surface area contributed by atoms with Gasteiger partial charge in [-0.15, -0.1) is 0 Å². The highest BCUT2D eigenvalue weighted by Crippen LogP contribution is 2.35. The summed E-state index contributed by atoms with van der Waals surface area (Å²) in [4.78, 5) is 26.3. The van der Waals surface area contributed by atoms with Gasteiger partial charge in [0.25, 0.3) is 0 Å². The Morgan fingerprint density at radius 2 is 1.87 bits per heavy atom. The lowest BCUT2D eigenvalue weighted by atomic mass is 9.89. The van der Waals surface area contributed by atoms with Crippen LogP contribution in [0.25, 0.3) is 0 Å². The Hall–Kier alpha value is -2.62. The lowest BCUT2D eigenvalue weighted by Gasteiger charge is -2.30. The highest BCUT2D eigenvalue weighted by Gasteiger charge is 2.33. The fourth-order valence-electron chi connectivity index (χ4n) is 2.90. The molecule has 0 bridgehead atoms. The second-order valence-corrected chi connectivity index (χ2v) is 5.97. The molecule has 4 nitrogen and oxygen atoms in total. The molecule has 1 aliphatic rings. The minimum atomic E-state index is -0.416. The van der Waals surface area contributed by atoms with Gasteiger partial charge >= 0.3 is 0 Å². The van der Waals surface area contributed by atoms with Gasteiger partial charge in [-0.3, -0.25) is 9.59 Å². The number of hydrogen-bond acceptors (Lipinski definition) is 2. The zero-order valence-electron chi connectivity index (χ0n) is 13.4. The van der Waals surface area contributed by atoms with Gasteiger partial charge in [-0.2, -0.15) is 0 Å². The monoisotopic (exact) mass is 308 g/mol. The van der Waals surface area contributed by atoms with Crippen LogP contribution in [0, 0.1) is 6.92 Å². The summed E-state index contributed by atoms with van der Waals surface area (Å²) in [6.45, 7) is 2.51. The molecule has 2 amide bonds. The van der Waals surface area contributed by atoms with Crippen molar-refractivity contribution in [3.8, 4) is 0 Å². The number of carbonyl (C=O) groups excluding carboxylic acids is 2. The molecule has 0 fully saturated rings. The van der Waals surface area contributed by atoms with Crippen LogP contribution in [0.2, 0.25) is 0 Å². The van der Waals surface area contributed by atoms with Gasteiger partial charge < -0.3 is 10.2 Å². The highest BCUT2D eigenvalue weighted by molar-refractivity contribution is 6.02. The van der Waals surface area contributed by atoms with Crippen molar-refractivity contribution in [1.82, 2.24) is 5.32 Å². The first kappa shape index (κ1) is 15.3. The Bertz CT molecular complexity index is 737. The zero-order chi connectivity index (χ0) is 16.4. The molecule has 1 heterocycles. The molecule has 0 radical (unpaired) electrons. The average Bonchev–Trinajstić information content (AvgIpc) is 2.57. The molecule has 1 atom stereocenters. The second kappa shape index (κ2) is 6.24. The fraction of sp³-hybridized carbons (Fsp3) is 0.263. The van der Waals surface area contributed by atoms with E-state index in [0.29, 0.717) is 6.54 Å². The highest BCUT2D eigenvalue weighted by atomic mass is 16.2. The third-order valence-corrected chi connectivity index (χ3v) is 4.33. The summed E-state index contributed by atoms with van der Waals surface area (Å²) in [5, 5.41) is 2.95. The van der Waals surface area contributed by atoms with Crippen molar-refractivity contribution in [3.05, 3.63) is 65.2 Å². The maximum atomic E-state index is 12.6. The SMILES string of the molecule is Cc1ccc(CNC(=O)C2CC(=O)N(C)c3ccccc32)cc1. The van der Waals surface area contributed by atoms with Crippen LogP contribution >= 0.6 is 0 Å². The van der Waals surface area contributed by atoms with Crippen molar-refractivity contribution in [2.45, 2.75) is 25.8 Å². The van der Waals surface area contributed by atoms with E-state index in [1.807, 2.05) is 55.5 Å². The number of fused-ring (bicyclic) bond motifs is 1. The number of nitrogens with one attached hydrogen (secondary N) is 1. The number of para-hydroxylation sites is 1. The molecule has 0 spiro atoms. The van der Waals surface area contributed by atoms with Gasteiger partial charge in [0.1, 0.15) is 0 Å². The summed E-state index contributed by atoms with van der Waals surface area (Å²) < 4.78 is 0. The molecule has 1 aliphatic heterocycles. The van der Waals surface area contributed by atoms with Gasteiger partial charge in [0.2, 0.25) is 11.8 Å². The van der Waals surface area contributed by atoms with Crippen LogP contribution in [0.15, 0.2) is 48.5 Å². The quantitative estimate of drug-likeness (QED) is 0.948. The van der Waals surface area contributed by atoms with Crippen LogP contribution in [0.5, 0.6) is 0 Å². The van der Waals surface area contributed by atoms with Crippen LogP contribution in [0.4, 0.5) is 5.69 Å². The number of hydrogen-bond donors (Lipinski definition) is 1. The van der Waals surface area contributed by atoms with Crippen molar-refractivity contribution in [2.75, 3.05) is 11.9 Å². The summed E-state index contributed by atoms with van der Waals surface area (Å²) >= 11 is 0. The topological polar surface area (TPSA) is 49.4 Å². The van der Waals surface area contributed by atoms with E-state index in [4.69, 9.17) is 0 Å². The van der Waals surface area contributed by atoms with Crippen molar-refractivity contribution < 1.29 is 9.59 Å². The standard InChI is InChI=1S/C19H20N2O2/c1-13-7-9-14(10-8-13)12-20-19(23)16-11-18(22)21(2)17-6-4-3-5-15(16)17/h3-10,16H,11-12H2,1-2H3,(H,20,23). The van der Waals surface area contributed by atoms with Crippen LogP contribution in [0.1, 0.15) is 29.0 Å². The molecule has 23 heavy (non-hydrogen) atoms. The van der Waals surface area contributed by atoms with Crippen LogP contribution in [-0.4, -0.2) is 18.9 Å². The van der Waals surface area contributed by atoms with E-state index in [0.717, 1.165) is 16.8 Å². The maximum Gasteiger partial charge on any atom is 0.228 e. The summed E-state index contributed by atoms with van der Waals surface area (Å²) in [6.07, 6.45) is 0.216. The Morgan fingerprint density at radius 1 is 1.17 bits per heavy atom.